The van der Waals surface area contributed by atoms with Gasteiger partial charge in [0.05, 0.1) is 6.61 Å². The highest BCUT2D eigenvalue weighted by molar-refractivity contribution is 5.82. The van der Waals surface area contributed by atoms with E-state index in [1.807, 2.05) is 7.05 Å². The van der Waals surface area contributed by atoms with Gasteiger partial charge in [0.1, 0.15) is 0 Å². The third-order valence-corrected chi connectivity index (χ3v) is 2.05. The van der Waals surface area contributed by atoms with Crippen LogP contribution in [0.15, 0.2) is 0 Å². The number of amides is 2. The van der Waals surface area contributed by atoms with Crippen LogP contribution in [0.5, 0.6) is 0 Å². The van der Waals surface area contributed by atoms with Crippen molar-refractivity contribution in [3.63, 3.8) is 0 Å². The summed E-state index contributed by atoms with van der Waals surface area (Å²) in [6.07, 6.45) is 0.775. The molecule has 1 atom stereocenters. The van der Waals surface area contributed by atoms with E-state index >= 15 is 0 Å². The molecule has 0 aromatic rings. The van der Waals surface area contributed by atoms with Crippen molar-refractivity contribution in [2.24, 2.45) is 0 Å². The summed E-state index contributed by atoms with van der Waals surface area (Å²) in [6, 6.07) is -1.75. The third-order valence-electron chi connectivity index (χ3n) is 2.05. The van der Waals surface area contributed by atoms with E-state index in [1.165, 1.54) is 4.90 Å². The van der Waals surface area contributed by atoms with Crippen LogP contribution in [0, 0.1) is 0 Å². The number of urea groups is 1. The summed E-state index contributed by atoms with van der Waals surface area (Å²) in [4.78, 5) is 23.4. The molecule has 4 N–H and O–H groups in total. The van der Waals surface area contributed by atoms with Crippen LogP contribution in [0.4, 0.5) is 4.79 Å². The molecule has 0 bridgehead atoms. The lowest BCUT2D eigenvalue weighted by atomic mass is 10.3. The number of rotatable bonds is 7. The molecule has 0 aliphatic heterocycles. The number of aliphatic hydroxyl groups excluding tert-OH is 1. The average molecular weight is 233 g/mol. The fourth-order valence-corrected chi connectivity index (χ4v) is 1.04. The van der Waals surface area contributed by atoms with Crippen LogP contribution in [0.2, 0.25) is 0 Å². The number of carbonyl (C=O) groups excluding carboxylic acids is 1. The number of hydrogen-bond acceptors (Lipinski definition) is 4. The Bertz CT molecular complexity index is 235. The molecule has 0 fully saturated rings. The lowest BCUT2D eigenvalue weighted by Crippen LogP contribution is -2.48. The molecule has 0 heterocycles. The van der Waals surface area contributed by atoms with Gasteiger partial charge in [-0.2, -0.15) is 0 Å². The second-order valence-corrected chi connectivity index (χ2v) is 3.40. The number of nitrogens with zero attached hydrogens (tertiary/aromatic N) is 1. The molecule has 0 saturated heterocycles. The second-order valence-electron chi connectivity index (χ2n) is 3.40. The van der Waals surface area contributed by atoms with E-state index in [1.54, 1.807) is 7.05 Å². The maximum atomic E-state index is 11.4. The molecule has 16 heavy (non-hydrogen) atoms. The third kappa shape index (κ3) is 5.52. The zero-order chi connectivity index (χ0) is 12.6. The number of aliphatic carboxylic acids is 1. The molecule has 0 radical (unpaired) electrons. The Labute approximate surface area is 94.4 Å². The fourth-order valence-electron chi connectivity index (χ4n) is 1.04. The molecule has 0 rings (SSSR count). The van der Waals surface area contributed by atoms with E-state index in [-0.39, 0.29) is 0 Å². The van der Waals surface area contributed by atoms with Gasteiger partial charge in [-0.05, 0) is 20.0 Å². The quantitative estimate of drug-likeness (QED) is 0.409. The van der Waals surface area contributed by atoms with Crippen LogP contribution in [0.3, 0.4) is 0 Å². The Morgan fingerprint density at radius 1 is 1.44 bits per heavy atom. The van der Waals surface area contributed by atoms with Crippen molar-refractivity contribution in [2.75, 3.05) is 33.8 Å². The van der Waals surface area contributed by atoms with Crippen molar-refractivity contribution in [1.82, 2.24) is 15.5 Å². The standard InChI is InChI=1S/C9H19N3O4/c1-10-4-3-5-12(2)9(16)11-7(6-13)8(14)15/h7,10,13H,3-6H2,1-2H3,(H,11,16)(H,14,15)/t7-/m0/s1. The Morgan fingerprint density at radius 3 is 2.50 bits per heavy atom. The van der Waals surface area contributed by atoms with Crippen LogP contribution >= 0.6 is 0 Å². The van der Waals surface area contributed by atoms with Crippen molar-refractivity contribution in [2.45, 2.75) is 12.5 Å². The summed E-state index contributed by atoms with van der Waals surface area (Å²) < 4.78 is 0. The molecule has 0 saturated carbocycles. The molecule has 0 spiro atoms. The van der Waals surface area contributed by atoms with Gasteiger partial charge >= 0.3 is 12.0 Å². The van der Waals surface area contributed by atoms with Gasteiger partial charge in [0.25, 0.3) is 0 Å². The Balaban J connectivity index is 3.98. The van der Waals surface area contributed by atoms with Crippen LogP contribution in [0.25, 0.3) is 0 Å². The summed E-state index contributed by atoms with van der Waals surface area (Å²) in [6.45, 7) is 0.676. The summed E-state index contributed by atoms with van der Waals surface area (Å²) in [5.41, 5.74) is 0. The second kappa shape index (κ2) is 7.89. The van der Waals surface area contributed by atoms with E-state index in [9.17, 15) is 9.59 Å². The predicted molar refractivity (Wildman–Crippen MR) is 58.2 cm³/mol. The topological polar surface area (TPSA) is 102 Å². The monoisotopic (exact) mass is 233 g/mol. The van der Waals surface area contributed by atoms with Crippen molar-refractivity contribution in [3.8, 4) is 0 Å². The van der Waals surface area contributed by atoms with Gasteiger partial charge in [0.2, 0.25) is 0 Å². The lowest BCUT2D eigenvalue weighted by Gasteiger charge is -2.20. The molecule has 7 heteroatoms. The maximum absolute atomic E-state index is 11.4. The van der Waals surface area contributed by atoms with Crippen molar-refractivity contribution in [1.29, 1.82) is 0 Å². The summed E-state index contributed by atoms with van der Waals surface area (Å²) in [7, 11) is 3.38. The average Bonchev–Trinajstić information content (AvgIpc) is 2.25. The van der Waals surface area contributed by atoms with E-state index in [2.05, 4.69) is 10.6 Å². The van der Waals surface area contributed by atoms with Gasteiger partial charge < -0.3 is 25.7 Å². The van der Waals surface area contributed by atoms with Crippen LogP contribution in [-0.2, 0) is 4.79 Å². The SMILES string of the molecule is CNCCCN(C)C(=O)N[C@@H](CO)C(=O)O. The first-order chi connectivity index (χ1) is 7.52. The molecular formula is C9H19N3O4. The van der Waals surface area contributed by atoms with E-state index in [0.29, 0.717) is 6.54 Å². The molecule has 0 aromatic heterocycles. The minimum absolute atomic E-state index is 0.502. The summed E-state index contributed by atoms with van der Waals surface area (Å²) >= 11 is 0. The minimum Gasteiger partial charge on any atom is -0.480 e. The Kier molecular flexibility index (Phi) is 7.23. The molecule has 94 valence electrons. The van der Waals surface area contributed by atoms with E-state index < -0.39 is 24.6 Å². The predicted octanol–water partition coefficient (Wildman–Crippen LogP) is -1.32. The highest BCUT2D eigenvalue weighted by Gasteiger charge is 2.20. The number of nitrogens with one attached hydrogen (secondary N) is 2. The maximum Gasteiger partial charge on any atom is 0.328 e. The van der Waals surface area contributed by atoms with Crippen molar-refractivity contribution < 1.29 is 19.8 Å². The smallest absolute Gasteiger partial charge is 0.328 e. The highest BCUT2D eigenvalue weighted by Crippen LogP contribution is 1.90. The van der Waals surface area contributed by atoms with Gasteiger partial charge in [-0.25, -0.2) is 9.59 Å². The van der Waals surface area contributed by atoms with E-state index in [4.69, 9.17) is 10.2 Å². The van der Waals surface area contributed by atoms with Gasteiger partial charge in [-0.15, -0.1) is 0 Å². The Hall–Kier alpha value is -1.34. The number of carboxylic acid groups (broad SMARTS) is 1. The van der Waals surface area contributed by atoms with Crippen LogP contribution in [0.1, 0.15) is 6.42 Å². The van der Waals surface area contributed by atoms with Crippen LogP contribution < -0.4 is 10.6 Å². The molecule has 2 amide bonds. The number of carbonyl (C=O) groups is 2. The minimum atomic E-state index is -1.25. The van der Waals surface area contributed by atoms with E-state index in [0.717, 1.165) is 13.0 Å². The largest absolute Gasteiger partial charge is 0.480 e. The van der Waals surface area contributed by atoms with Crippen LogP contribution in [-0.4, -0.2) is 66.9 Å². The highest BCUT2D eigenvalue weighted by atomic mass is 16.4. The normalized spacial score (nSPS) is 11.9. The molecular weight excluding hydrogens is 214 g/mol. The lowest BCUT2D eigenvalue weighted by molar-refractivity contribution is -0.140. The Morgan fingerprint density at radius 2 is 2.06 bits per heavy atom. The van der Waals surface area contributed by atoms with Gasteiger partial charge in [0.15, 0.2) is 6.04 Å². The first-order valence-corrected chi connectivity index (χ1v) is 5.02. The fraction of sp³-hybridized carbons (Fsp3) is 0.778. The van der Waals surface area contributed by atoms with Gasteiger partial charge in [0, 0.05) is 13.6 Å². The summed E-state index contributed by atoms with van der Waals surface area (Å²) in [5.74, 6) is -1.25. The van der Waals surface area contributed by atoms with Gasteiger partial charge in [-0.1, -0.05) is 0 Å². The molecule has 0 aliphatic carbocycles. The zero-order valence-electron chi connectivity index (χ0n) is 9.56. The van der Waals surface area contributed by atoms with Crippen molar-refractivity contribution in [3.05, 3.63) is 0 Å². The first kappa shape index (κ1) is 14.7. The molecule has 7 nitrogen and oxygen atoms in total. The van der Waals surface area contributed by atoms with Crippen molar-refractivity contribution >= 4 is 12.0 Å². The number of hydrogen-bond donors (Lipinski definition) is 4. The molecule has 0 aromatic carbocycles. The first-order valence-electron chi connectivity index (χ1n) is 5.02. The summed E-state index contributed by atoms with van der Waals surface area (Å²) in [5, 5.41) is 22.5. The zero-order valence-corrected chi connectivity index (χ0v) is 9.56. The van der Waals surface area contributed by atoms with Gasteiger partial charge in [-0.3, -0.25) is 0 Å². The molecule has 0 unspecified atom stereocenters. The number of aliphatic hydroxyl groups is 1. The molecule has 0 aliphatic rings. The number of carboxylic acids is 1.